The van der Waals surface area contributed by atoms with E-state index in [-0.39, 0.29) is 24.3 Å². The molecule has 0 saturated heterocycles. The first-order valence-corrected chi connectivity index (χ1v) is 9.38. The SMILES string of the molecule is CC(C)C(CC(O)C(N)COCc1ccccc1)C(=O)Nc1ccccc1. The Morgan fingerprint density at radius 2 is 1.67 bits per heavy atom. The second-order valence-corrected chi connectivity index (χ2v) is 7.17. The van der Waals surface area contributed by atoms with E-state index in [1.807, 2.05) is 74.5 Å². The number of aliphatic hydroxyl groups is 1. The fourth-order valence-electron chi connectivity index (χ4n) is 2.87. The van der Waals surface area contributed by atoms with Crippen molar-refractivity contribution in [3.8, 4) is 0 Å². The van der Waals surface area contributed by atoms with Gasteiger partial charge in [-0.1, -0.05) is 62.4 Å². The fourth-order valence-corrected chi connectivity index (χ4v) is 2.87. The number of hydrogen-bond acceptors (Lipinski definition) is 4. The van der Waals surface area contributed by atoms with Gasteiger partial charge in [0.25, 0.3) is 0 Å². The van der Waals surface area contributed by atoms with E-state index in [9.17, 15) is 9.90 Å². The summed E-state index contributed by atoms with van der Waals surface area (Å²) in [7, 11) is 0. The largest absolute Gasteiger partial charge is 0.391 e. The summed E-state index contributed by atoms with van der Waals surface area (Å²) in [5, 5.41) is 13.4. The van der Waals surface area contributed by atoms with E-state index in [2.05, 4.69) is 5.32 Å². The summed E-state index contributed by atoms with van der Waals surface area (Å²) in [5.74, 6) is -0.353. The third-order valence-corrected chi connectivity index (χ3v) is 4.59. The van der Waals surface area contributed by atoms with Crippen LogP contribution in [0.3, 0.4) is 0 Å². The summed E-state index contributed by atoms with van der Waals surface area (Å²) >= 11 is 0. The zero-order valence-electron chi connectivity index (χ0n) is 16.0. The molecule has 5 nitrogen and oxygen atoms in total. The molecule has 0 aliphatic heterocycles. The Labute approximate surface area is 161 Å². The molecule has 3 atom stereocenters. The maximum absolute atomic E-state index is 12.6. The number of carbonyl (C=O) groups excluding carboxylic acids is 1. The molecule has 0 aliphatic rings. The molecule has 2 aromatic rings. The molecule has 4 N–H and O–H groups in total. The van der Waals surface area contributed by atoms with Crippen molar-refractivity contribution < 1.29 is 14.6 Å². The lowest BCUT2D eigenvalue weighted by atomic mass is 9.87. The summed E-state index contributed by atoms with van der Waals surface area (Å²) in [6.45, 7) is 4.63. The molecule has 2 aromatic carbocycles. The van der Waals surface area contributed by atoms with Gasteiger partial charge in [0.2, 0.25) is 5.91 Å². The molecule has 0 heterocycles. The number of para-hydroxylation sites is 1. The molecule has 0 aliphatic carbocycles. The van der Waals surface area contributed by atoms with Gasteiger partial charge in [-0.2, -0.15) is 0 Å². The predicted octanol–water partition coefficient (Wildman–Crippen LogP) is 3.19. The molecule has 0 aromatic heterocycles. The van der Waals surface area contributed by atoms with Gasteiger partial charge in [0.15, 0.2) is 0 Å². The number of nitrogens with two attached hydrogens (primary N) is 1. The van der Waals surface area contributed by atoms with Crippen LogP contribution >= 0.6 is 0 Å². The van der Waals surface area contributed by atoms with E-state index in [4.69, 9.17) is 10.5 Å². The van der Waals surface area contributed by atoms with Gasteiger partial charge >= 0.3 is 0 Å². The zero-order chi connectivity index (χ0) is 19.6. The summed E-state index contributed by atoms with van der Waals surface area (Å²) in [5.41, 5.74) is 7.88. The second kappa shape index (κ2) is 10.8. The maximum atomic E-state index is 12.6. The van der Waals surface area contributed by atoms with Crippen LogP contribution in [0.1, 0.15) is 25.8 Å². The molecule has 0 saturated carbocycles. The Kier molecular flexibility index (Phi) is 8.45. The molecule has 5 heteroatoms. The lowest BCUT2D eigenvalue weighted by Crippen LogP contribution is -2.42. The molecular formula is C22H30N2O3. The Morgan fingerprint density at radius 3 is 2.26 bits per heavy atom. The van der Waals surface area contributed by atoms with Crippen molar-refractivity contribution in [2.45, 2.75) is 39.0 Å². The summed E-state index contributed by atoms with van der Waals surface area (Å²) < 4.78 is 5.62. The molecule has 27 heavy (non-hydrogen) atoms. The van der Waals surface area contributed by atoms with Crippen LogP contribution in [0.4, 0.5) is 5.69 Å². The number of carbonyl (C=O) groups is 1. The van der Waals surface area contributed by atoms with E-state index in [0.717, 1.165) is 11.3 Å². The van der Waals surface area contributed by atoms with Crippen LogP contribution in [0, 0.1) is 11.8 Å². The normalized spacial score (nSPS) is 14.6. The monoisotopic (exact) mass is 370 g/mol. The Hall–Kier alpha value is -2.21. The molecule has 0 fully saturated rings. The number of hydrogen-bond donors (Lipinski definition) is 3. The minimum Gasteiger partial charge on any atom is -0.391 e. The second-order valence-electron chi connectivity index (χ2n) is 7.17. The van der Waals surface area contributed by atoms with Crippen LogP contribution in [0.5, 0.6) is 0 Å². The number of aliphatic hydroxyl groups excluding tert-OH is 1. The van der Waals surface area contributed by atoms with Crippen LogP contribution in [0.25, 0.3) is 0 Å². The third kappa shape index (κ3) is 7.13. The predicted molar refractivity (Wildman–Crippen MR) is 108 cm³/mol. The van der Waals surface area contributed by atoms with E-state index < -0.39 is 12.1 Å². The number of ether oxygens (including phenoxy) is 1. The highest BCUT2D eigenvalue weighted by Gasteiger charge is 2.28. The molecular weight excluding hydrogens is 340 g/mol. The van der Waals surface area contributed by atoms with Crippen LogP contribution in [-0.2, 0) is 16.1 Å². The van der Waals surface area contributed by atoms with Gasteiger partial charge in [-0.05, 0) is 30.0 Å². The molecule has 0 radical (unpaired) electrons. The number of nitrogens with one attached hydrogen (secondary N) is 1. The highest BCUT2D eigenvalue weighted by Crippen LogP contribution is 2.21. The number of anilines is 1. The van der Waals surface area contributed by atoms with Crippen molar-refractivity contribution in [3.63, 3.8) is 0 Å². The number of benzene rings is 2. The van der Waals surface area contributed by atoms with Crippen LogP contribution in [-0.4, -0.2) is 29.8 Å². The smallest absolute Gasteiger partial charge is 0.227 e. The number of rotatable bonds is 10. The fraction of sp³-hybridized carbons (Fsp3) is 0.409. The first kappa shape index (κ1) is 21.1. The Bertz CT molecular complexity index is 676. The van der Waals surface area contributed by atoms with Gasteiger partial charge < -0.3 is 20.9 Å². The minimum atomic E-state index is -0.810. The molecule has 146 valence electrons. The highest BCUT2D eigenvalue weighted by atomic mass is 16.5. The molecule has 0 bridgehead atoms. The van der Waals surface area contributed by atoms with Crippen molar-refractivity contribution in [2.24, 2.45) is 17.6 Å². The lowest BCUT2D eigenvalue weighted by molar-refractivity contribution is -0.122. The maximum Gasteiger partial charge on any atom is 0.227 e. The molecule has 0 spiro atoms. The summed E-state index contributed by atoms with van der Waals surface area (Å²) in [6, 6.07) is 18.6. The molecule has 3 unspecified atom stereocenters. The quantitative estimate of drug-likeness (QED) is 0.600. The molecule has 1 amide bonds. The zero-order valence-corrected chi connectivity index (χ0v) is 16.0. The van der Waals surface area contributed by atoms with Crippen molar-refractivity contribution >= 4 is 11.6 Å². The van der Waals surface area contributed by atoms with E-state index in [1.165, 1.54) is 0 Å². The Morgan fingerprint density at radius 1 is 1.07 bits per heavy atom. The third-order valence-electron chi connectivity index (χ3n) is 4.59. The van der Waals surface area contributed by atoms with Crippen LogP contribution in [0.2, 0.25) is 0 Å². The van der Waals surface area contributed by atoms with E-state index in [0.29, 0.717) is 13.0 Å². The summed E-state index contributed by atoms with van der Waals surface area (Å²) in [6.07, 6.45) is -0.513. The van der Waals surface area contributed by atoms with Crippen molar-refractivity contribution in [3.05, 3.63) is 66.2 Å². The van der Waals surface area contributed by atoms with Gasteiger partial charge in [-0.15, -0.1) is 0 Å². The van der Waals surface area contributed by atoms with Gasteiger partial charge in [0.05, 0.1) is 25.4 Å². The van der Waals surface area contributed by atoms with Crippen LogP contribution in [0.15, 0.2) is 60.7 Å². The average molecular weight is 370 g/mol. The van der Waals surface area contributed by atoms with Gasteiger partial charge in [-0.3, -0.25) is 4.79 Å². The van der Waals surface area contributed by atoms with Gasteiger partial charge in [0.1, 0.15) is 0 Å². The standard InChI is InChI=1S/C22H30N2O3/c1-16(2)19(22(26)24-18-11-7-4-8-12-18)13-21(25)20(23)15-27-14-17-9-5-3-6-10-17/h3-12,16,19-21,25H,13-15,23H2,1-2H3,(H,24,26). The minimum absolute atomic E-state index is 0.0841. The van der Waals surface area contributed by atoms with Crippen molar-refractivity contribution in [1.82, 2.24) is 0 Å². The first-order valence-electron chi connectivity index (χ1n) is 9.38. The van der Waals surface area contributed by atoms with E-state index >= 15 is 0 Å². The van der Waals surface area contributed by atoms with Gasteiger partial charge in [0, 0.05) is 11.6 Å². The van der Waals surface area contributed by atoms with Crippen molar-refractivity contribution in [1.29, 1.82) is 0 Å². The van der Waals surface area contributed by atoms with E-state index in [1.54, 1.807) is 0 Å². The number of amides is 1. The highest BCUT2D eigenvalue weighted by molar-refractivity contribution is 5.92. The van der Waals surface area contributed by atoms with Crippen molar-refractivity contribution in [2.75, 3.05) is 11.9 Å². The van der Waals surface area contributed by atoms with Gasteiger partial charge in [-0.25, -0.2) is 0 Å². The van der Waals surface area contributed by atoms with Crippen LogP contribution < -0.4 is 11.1 Å². The summed E-state index contributed by atoms with van der Waals surface area (Å²) in [4.78, 5) is 12.6. The lowest BCUT2D eigenvalue weighted by Gasteiger charge is -2.26. The molecule has 2 rings (SSSR count). The topological polar surface area (TPSA) is 84.6 Å². The average Bonchev–Trinajstić information content (AvgIpc) is 2.67. The Balaban J connectivity index is 1.83. The first-order chi connectivity index (χ1) is 13.0.